The Hall–Kier alpha value is -3.92. The van der Waals surface area contributed by atoms with Crippen molar-refractivity contribution in [3.8, 4) is 5.75 Å². The van der Waals surface area contributed by atoms with Gasteiger partial charge in [0.05, 0.1) is 17.7 Å². The van der Waals surface area contributed by atoms with Gasteiger partial charge in [-0.25, -0.2) is 9.40 Å². The van der Waals surface area contributed by atoms with Gasteiger partial charge in [0, 0.05) is 6.42 Å². The van der Waals surface area contributed by atoms with Gasteiger partial charge in [-0.2, -0.15) is 5.10 Å². The van der Waals surface area contributed by atoms with Crippen LogP contribution >= 0.6 is 11.8 Å². The molecule has 2 aromatic heterocycles. The van der Waals surface area contributed by atoms with E-state index in [0.717, 1.165) is 28.6 Å². The molecule has 1 unspecified atom stereocenters. The molecule has 1 aliphatic rings. The summed E-state index contributed by atoms with van der Waals surface area (Å²) in [6.45, 7) is 2.06. The summed E-state index contributed by atoms with van der Waals surface area (Å²) >= 11 is 1.12. The van der Waals surface area contributed by atoms with Crippen LogP contribution in [0.2, 0.25) is 0 Å². The molecule has 0 saturated heterocycles. The molecule has 0 aliphatic carbocycles. The van der Waals surface area contributed by atoms with Gasteiger partial charge in [-0.15, -0.1) is 10.2 Å². The summed E-state index contributed by atoms with van der Waals surface area (Å²) in [4.78, 5) is 13.1. The first kappa shape index (κ1) is 22.9. The predicted molar refractivity (Wildman–Crippen MR) is 126 cm³/mol. The van der Waals surface area contributed by atoms with E-state index in [1.807, 2.05) is 37.3 Å². The molecule has 8 nitrogen and oxygen atoms in total. The lowest BCUT2D eigenvalue weighted by Gasteiger charge is -2.19. The van der Waals surface area contributed by atoms with Crippen molar-refractivity contribution in [1.82, 2.24) is 15.2 Å². The number of halogens is 1. The number of hydrogen-bond acceptors (Lipinski definition) is 8. The van der Waals surface area contributed by atoms with Gasteiger partial charge in [0.1, 0.15) is 23.4 Å². The third-order valence-corrected chi connectivity index (χ3v) is 6.17. The van der Waals surface area contributed by atoms with Crippen molar-refractivity contribution in [2.24, 2.45) is 5.10 Å². The largest absolute Gasteiger partial charge is 0.484 e. The molecule has 0 bridgehead atoms. The SMILES string of the molecule is Cc1ccc(C2=NN(C(=O)CSc3nnc(COc4ccc(F)cc4)o3)C(c3ccco3)C2)cc1. The lowest BCUT2D eigenvalue weighted by atomic mass is 10.0. The van der Waals surface area contributed by atoms with Gasteiger partial charge in [0.25, 0.3) is 17.0 Å². The van der Waals surface area contributed by atoms with Gasteiger partial charge >= 0.3 is 0 Å². The number of benzene rings is 2. The highest BCUT2D eigenvalue weighted by atomic mass is 32.2. The van der Waals surface area contributed by atoms with Crippen LogP contribution in [0.4, 0.5) is 4.39 Å². The first-order valence-corrected chi connectivity index (χ1v) is 11.9. The maximum atomic E-state index is 13.1. The molecule has 0 fully saturated rings. The Bertz CT molecular complexity index is 1320. The smallest absolute Gasteiger partial charge is 0.277 e. The molecule has 35 heavy (non-hydrogen) atoms. The highest BCUT2D eigenvalue weighted by molar-refractivity contribution is 7.99. The van der Waals surface area contributed by atoms with Crippen molar-refractivity contribution in [3.63, 3.8) is 0 Å². The van der Waals surface area contributed by atoms with Crippen LogP contribution in [-0.2, 0) is 11.4 Å². The number of aryl methyl sites for hydroxylation is 1. The van der Waals surface area contributed by atoms with Crippen LogP contribution in [0.1, 0.15) is 35.2 Å². The number of rotatable bonds is 8. The molecule has 1 amide bonds. The van der Waals surface area contributed by atoms with Crippen molar-refractivity contribution in [2.75, 3.05) is 5.75 Å². The summed E-state index contributed by atoms with van der Waals surface area (Å²) in [6.07, 6.45) is 2.14. The maximum absolute atomic E-state index is 13.1. The number of carbonyl (C=O) groups is 1. The summed E-state index contributed by atoms with van der Waals surface area (Å²) in [5.74, 6) is 0.907. The number of hydrazone groups is 1. The Morgan fingerprint density at radius 1 is 1.14 bits per heavy atom. The lowest BCUT2D eigenvalue weighted by Crippen LogP contribution is -2.28. The average molecular weight is 493 g/mol. The number of aromatic nitrogens is 2. The van der Waals surface area contributed by atoms with Crippen LogP contribution in [0, 0.1) is 12.7 Å². The van der Waals surface area contributed by atoms with Crippen LogP contribution in [0.3, 0.4) is 0 Å². The van der Waals surface area contributed by atoms with E-state index < -0.39 is 0 Å². The lowest BCUT2D eigenvalue weighted by molar-refractivity contribution is -0.130. The average Bonchev–Trinajstić information content (AvgIpc) is 3.63. The zero-order valence-corrected chi connectivity index (χ0v) is 19.6. The Balaban J connectivity index is 1.23. The summed E-state index contributed by atoms with van der Waals surface area (Å²) in [5, 5.41) is 14.2. The van der Waals surface area contributed by atoms with Gasteiger partial charge in [-0.3, -0.25) is 4.79 Å². The number of nitrogens with zero attached hydrogens (tertiary/aromatic N) is 4. The van der Waals surface area contributed by atoms with E-state index in [4.69, 9.17) is 13.6 Å². The fourth-order valence-electron chi connectivity index (χ4n) is 3.58. The second-order valence-electron chi connectivity index (χ2n) is 7.88. The minimum absolute atomic E-state index is 0.0318. The van der Waals surface area contributed by atoms with E-state index in [0.29, 0.717) is 17.9 Å². The van der Waals surface area contributed by atoms with Crippen LogP contribution in [-0.4, -0.2) is 32.6 Å². The first-order valence-electron chi connectivity index (χ1n) is 10.9. The van der Waals surface area contributed by atoms with Crippen molar-refractivity contribution >= 4 is 23.4 Å². The Kier molecular flexibility index (Phi) is 6.62. The molecule has 5 rings (SSSR count). The predicted octanol–water partition coefficient (Wildman–Crippen LogP) is 5.16. The third kappa shape index (κ3) is 5.43. The van der Waals surface area contributed by atoms with Crippen LogP contribution < -0.4 is 4.74 Å². The second kappa shape index (κ2) is 10.1. The second-order valence-corrected chi connectivity index (χ2v) is 8.81. The topological polar surface area (TPSA) is 94.0 Å². The quantitative estimate of drug-likeness (QED) is 0.314. The molecule has 0 spiro atoms. The highest BCUT2D eigenvalue weighted by Crippen LogP contribution is 2.34. The van der Waals surface area contributed by atoms with Gasteiger partial charge in [0.2, 0.25) is 0 Å². The summed E-state index contributed by atoms with van der Waals surface area (Å²) in [7, 11) is 0. The summed E-state index contributed by atoms with van der Waals surface area (Å²) < 4.78 is 29.7. The minimum atomic E-state index is -0.346. The molecular weight excluding hydrogens is 471 g/mol. The Morgan fingerprint density at radius 3 is 2.69 bits per heavy atom. The van der Waals surface area contributed by atoms with Gasteiger partial charge in [-0.1, -0.05) is 41.6 Å². The summed E-state index contributed by atoms with van der Waals surface area (Å²) in [5.41, 5.74) is 2.95. The monoisotopic (exact) mass is 492 g/mol. The maximum Gasteiger partial charge on any atom is 0.277 e. The molecule has 0 N–H and O–H groups in total. The molecule has 0 radical (unpaired) electrons. The number of amides is 1. The van der Waals surface area contributed by atoms with Crippen molar-refractivity contribution in [1.29, 1.82) is 0 Å². The molecule has 2 aromatic carbocycles. The molecule has 3 heterocycles. The molecule has 1 atom stereocenters. The third-order valence-electron chi connectivity index (χ3n) is 5.37. The van der Waals surface area contributed by atoms with Crippen LogP contribution in [0.25, 0.3) is 0 Å². The van der Waals surface area contributed by atoms with Crippen molar-refractivity contribution in [3.05, 3.63) is 95.5 Å². The van der Waals surface area contributed by atoms with Gasteiger partial charge in [0.15, 0.2) is 6.61 Å². The van der Waals surface area contributed by atoms with E-state index >= 15 is 0 Å². The number of furan rings is 1. The number of thioether (sulfide) groups is 1. The van der Waals surface area contributed by atoms with Crippen LogP contribution in [0.15, 0.2) is 86.1 Å². The van der Waals surface area contributed by atoms with Gasteiger partial charge in [-0.05, 0) is 48.9 Å². The fourth-order valence-corrected chi connectivity index (χ4v) is 4.22. The van der Waals surface area contributed by atoms with E-state index in [-0.39, 0.29) is 41.2 Å². The Morgan fingerprint density at radius 2 is 1.94 bits per heavy atom. The zero-order chi connectivity index (χ0) is 24.2. The van der Waals surface area contributed by atoms with E-state index in [1.165, 1.54) is 29.3 Å². The molecule has 10 heteroatoms. The molecule has 4 aromatic rings. The molecule has 0 saturated carbocycles. The van der Waals surface area contributed by atoms with Gasteiger partial charge < -0.3 is 13.6 Å². The van der Waals surface area contributed by atoms with Crippen LogP contribution in [0.5, 0.6) is 5.75 Å². The highest BCUT2D eigenvalue weighted by Gasteiger charge is 2.35. The Labute approximate surface area is 204 Å². The number of hydrogen-bond donors (Lipinski definition) is 0. The minimum Gasteiger partial charge on any atom is -0.484 e. The molecule has 178 valence electrons. The zero-order valence-electron chi connectivity index (χ0n) is 18.8. The normalized spacial score (nSPS) is 15.3. The van der Waals surface area contributed by atoms with E-state index in [2.05, 4.69) is 15.3 Å². The van der Waals surface area contributed by atoms with Crippen molar-refractivity contribution in [2.45, 2.75) is 31.2 Å². The summed E-state index contributed by atoms with van der Waals surface area (Å²) in [6, 6.07) is 17.0. The number of ether oxygens (including phenoxy) is 1. The van der Waals surface area contributed by atoms with E-state index in [9.17, 15) is 9.18 Å². The fraction of sp³-hybridized carbons (Fsp3) is 0.200. The standard InChI is InChI=1S/C25H21FN4O4S/c1-16-4-6-17(7-5-16)20-13-21(22-3-2-12-32-22)30(29-20)24(31)15-35-25-28-27-23(34-25)14-33-19-10-8-18(26)9-11-19/h2-12,21H,13-15H2,1H3. The first-order chi connectivity index (χ1) is 17.0. The van der Waals surface area contributed by atoms with Crippen molar-refractivity contribution < 1.29 is 22.8 Å². The molecule has 1 aliphatic heterocycles. The van der Waals surface area contributed by atoms with E-state index in [1.54, 1.807) is 12.3 Å². The molecular formula is C25H21FN4O4S. The number of carbonyl (C=O) groups excluding carboxylic acids is 1.